The van der Waals surface area contributed by atoms with Gasteiger partial charge in [-0.15, -0.1) is 11.3 Å². The first-order chi connectivity index (χ1) is 15.4. The van der Waals surface area contributed by atoms with E-state index < -0.39 is 18.5 Å². The minimum atomic E-state index is -3.02. The van der Waals surface area contributed by atoms with E-state index in [1.54, 1.807) is 29.3 Å². The summed E-state index contributed by atoms with van der Waals surface area (Å²) >= 11 is 1.23. The Labute approximate surface area is 187 Å². The third-order valence-corrected chi connectivity index (χ3v) is 5.60. The molecule has 0 spiro atoms. The quantitative estimate of drug-likeness (QED) is 0.601. The van der Waals surface area contributed by atoms with Gasteiger partial charge < -0.3 is 19.7 Å². The Balaban J connectivity index is 1.52. The molecule has 0 unspecified atom stereocenters. The summed E-state index contributed by atoms with van der Waals surface area (Å²) in [6.45, 7) is 0.559. The van der Waals surface area contributed by atoms with Gasteiger partial charge in [0.05, 0.1) is 24.3 Å². The topological polar surface area (TPSA) is 88.2 Å². The predicted octanol–water partition coefficient (Wildman–Crippen LogP) is 2.92. The average Bonchev–Trinajstić information content (AvgIpc) is 3.22. The second kappa shape index (κ2) is 11.0. The van der Waals surface area contributed by atoms with E-state index in [1.165, 1.54) is 29.5 Å². The summed E-state index contributed by atoms with van der Waals surface area (Å²) in [5.41, 5.74) is 0.383. The second-order valence-electron chi connectivity index (χ2n) is 6.88. The highest BCUT2D eigenvalue weighted by Gasteiger charge is 2.26. The zero-order valence-electron chi connectivity index (χ0n) is 17.4. The van der Waals surface area contributed by atoms with Crippen LogP contribution in [0.2, 0.25) is 0 Å². The molecule has 1 aliphatic rings. The third kappa shape index (κ3) is 6.01. The molecular weight excluding hydrogens is 444 g/mol. The fourth-order valence-electron chi connectivity index (χ4n) is 3.27. The first-order valence-corrected chi connectivity index (χ1v) is 10.9. The molecule has 1 saturated heterocycles. The maximum atomic E-state index is 12.8. The Bertz CT molecular complexity index is 960. The number of para-hydroxylation sites is 1. The lowest BCUT2D eigenvalue weighted by molar-refractivity contribution is -0.117. The van der Waals surface area contributed by atoms with E-state index >= 15 is 0 Å². The largest absolute Gasteiger partial charge is 0.462 e. The summed E-state index contributed by atoms with van der Waals surface area (Å²) in [6, 6.07) is 7.47. The highest BCUT2D eigenvalue weighted by molar-refractivity contribution is 7.14. The normalized spacial score (nSPS) is 14.3. The Morgan fingerprint density at radius 3 is 2.50 bits per heavy atom. The van der Waals surface area contributed by atoms with Gasteiger partial charge in [0.1, 0.15) is 10.8 Å². The number of esters is 1. The molecule has 0 radical (unpaired) electrons. The summed E-state index contributed by atoms with van der Waals surface area (Å²) in [6.07, 6.45) is 0. The van der Waals surface area contributed by atoms with Gasteiger partial charge >= 0.3 is 12.6 Å². The van der Waals surface area contributed by atoms with Crippen molar-refractivity contribution >= 4 is 34.1 Å². The SMILES string of the molecule is CCOC(=O)c1ccsc1NC(=O)CN1CCN(C(=O)c2ccccc2OC(F)F)CC1. The number of amides is 2. The first kappa shape index (κ1) is 23.6. The van der Waals surface area contributed by atoms with E-state index in [0.717, 1.165) is 0 Å². The Morgan fingerprint density at radius 2 is 1.81 bits per heavy atom. The van der Waals surface area contributed by atoms with Crippen LogP contribution in [-0.2, 0) is 9.53 Å². The number of piperazine rings is 1. The van der Waals surface area contributed by atoms with Gasteiger partial charge in [-0.25, -0.2) is 4.79 Å². The standard InChI is InChI=1S/C21H23F2N3O5S/c1-2-30-20(29)15-7-12-32-18(15)24-17(27)13-25-8-10-26(11-9-25)19(28)14-5-3-4-6-16(14)31-21(22)23/h3-7,12,21H,2,8-11,13H2,1H3,(H,24,27). The van der Waals surface area contributed by atoms with Gasteiger partial charge in [-0.1, -0.05) is 12.1 Å². The van der Waals surface area contributed by atoms with Crippen LogP contribution in [0.4, 0.5) is 13.8 Å². The van der Waals surface area contributed by atoms with E-state index in [4.69, 9.17) is 4.74 Å². The molecule has 8 nitrogen and oxygen atoms in total. The number of benzene rings is 1. The van der Waals surface area contributed by atoms with E-state index in [-0.39, 0.29) is 30.4 Å². The fourth-order valence-corrected chi connectivity index (χ4v) is 4.06. The average molecular weight is 467 g/mol. The lowest BCUT2D eigenvalue weighted by Crippen LogP contribution is -2.50. The number of hydrogen-bond acceptors (Lipinski definition) is 7. The number of carbonyl (C=O) groups is 3. The fraction of sp³-hybridized carbons (Fsp3) is 0.381. The van der Waals surface area contributed by atoms with Crippen molar-refractivity contribution in [2.75, 3.05) is 44.6 Å². The minimum Gasteiger partial charge on any atom is -0.462 e. The van der Waals surface area contributed by atoms with Crippen molar-refractivity contribution in [3.05, 3.63) is 46.8 Å². The van der Waals surface area contributed by atoms with Crippen molar-refractivity contribution in [3.8, 4) is 5.75 Å². The molecule has 2 aromatic rings. The van der Waals surface area contributed by atoms with Crippen LogP contribution in [0.3, 0.4) is 0 Å². The Morgan fingerprint density at radius 1 is 1.09 bits per heavy atom. The Hall–Kier alpha value is -3.05. The molecule has 11 heteroatoms. The lowest BCUT2D eigenvalue weighted by atomic mass is 10.1. The number of alkyl halides is 2. The van der Waals surface area contributed by atoms with Crippen LogP contribution in [0.15, 0.2) is 35.7 Å². The number of halogens is 2. The van der Waals surface area contributed by atoms with Gasteiger partial charge in [-0.2, -0.15) is 8.78 Å². The van der Waals surface area contributed by atoms with E-state index in [0.29, 0.717) is 36.7 Å². The summed E-state index contributed by atoms with van der Waals surface area (Å²) in [7, 11) is 0. The van der Waals surface area contributed by atoms with Crippen molar-refractivity contribution < 1.29 is 32.6 Å². The molecule has 1 fully saturated rings. The van der Waals surface area contributed by atoms with Crippen LogP contribution in [0, 0.1) is 0 Å². The van der Waals surface area contributed by atoms with Crippen LogP contribution < -0.4 is 10.1 Å². The number of nitrogens with one attached hydrogen (secondary N) is 1. The summed E-state index contributed by atoms with van der Waals surface area (Å²) in [4.78, 5) is 40.5. The van der Waals surface area contributed by atoms with Crippen molar-refractivity contribution in [3.63, 3.8) is 0 Å². The van der Waals surface area contributed by atoms with Crippen LogP contribution in [-0.4, -0.2) is 73.5 Å². The highest BCUT2D eigenvalue weighted by atomic mass is 32.1. The van der Waals surface area contributed by atoms with E-state index in [2.05, 4.69) is 10.1 Å². The van der Waals surface area contributed by atoms with Crippen LogP contribution >= 0.6 is 11.3 Å². The molecule has 1 aromatic heterocycles. The molecule has 2 amide bonds. The molecule has 1 aromatic carbocycles. The summed E-state index contributed by atoms with van der Waals surface area (Å²) in [5.74, 6) is -1.34. The number of anilines is 1. The Kier molecular flexibility index (Phi) is 8.12. The first-order valence-electron chi connectivity index (χ1n) is 9.99. The number of hydrogen-bond donors (Lipinski definition) is 1. The van der Waals surface area contributed by atoms with Gasteiger partial charge in [-0.05, 0) is 30.5 Å². The van der Waals surface area contributed by atoms with E-state index in [1.807, 2.05) is 4.90 Å². The van der Waals surface area contributed by atoms with Crippen molar-refractivity contribution in [1.82, 2.24) is 9.80 Å². The van der Waals surface area contributed by atoms with Crippen molar-refractivity contribution in [1.29, 1.82) is 0 Å². The monoisotopic (exact) mass is 467 g/mol. The second-order valence-corrected chi connectivity index (χ2v) is 7.79. The van der Waals surface area contributed by atoms with Gasteiger partial charge in [-0.3, -0.25) is 14.5 Å². The van der Waals surface area contributed by atoms with E-state index in [9.17, 15) is 23.2 Å². The molecule has 3 rings (SSSR count). The van der Waals surface area contributed by atoms with Crippen molar-refractivity contribution in [2.45, 2.75) is 13.5 Å². The molecule has 0 bridgehead atoms. The summed E-state index contributed by atoms with van der Waals surface area (Å²) < 4.78 is 34.6. The number of nitrogens with zero attached hydrogens (tertiary/aromatic N) is 2. The molecule has 32 heavy (non-hydrogen) atoms. The smallest absolute Gasteiger partial charge is 0.387 e. The molecule has 0 saturated carbocycles. The maximum absolute atomic E-state index is 12.8. The molecule has 1 aliphatic heterocycles. The molecule has 0 aliphatic carbocycles. The molecule has 172 valence electrons. The maximum Gasteiger partial charge on any atom is 0.387 e. The number of carbonyl (C=O) groups excluding carboxylic acids is 3. The number of rotatable bonds is 8. The number of ether oxygens (including phenoxy) is 2. The van der Waals surface area contributed by atoms with Crippen LogP contribution in [0.1, 0.15) is 27.6 Å². The van der Waals surface area contributed by atoms with Gasteiger partial charge in [0.2, 0.25) is 5.91 Å². The molecule has 1 N–H and O–H groups in total. The zero-order valence-corrected chi connectivity index (χ0v) is 18.2. The van der Waals surface area contributed by atoms with Gasteiger partial charge in [0, 0.05) is 26.2 Å². The van der Waals surface area contributed by atoms with Crippen molar-refractivity contribution in [2.24, 2.45) is 0 Å². The highest BCUT2D eigenvalue weighted by Crippen LogP contribution is 2.25. The lowest BCUT2D eigenvalue weighted by Gasteiger charge is -2.34. The van der Waals surface area contributed by atoms with Crippen LogP contribution in [0.5, 0.6) is 5.75 Å². The zero-order chi connectivity index (χ0) is 23.1. The van der Waals surface area contributed by atoms with Gasteiger partial charge in [0.25, 0.3) is 5.91 Å². The molecular formula is C21H23F2N3O5S. The van der Waals surface area contributed by atoms with Gasteiger partial charge in [0.15, 0.2) is 0 Å². The number of thiophene rings is 1. The summed E-state index contributed by atoms with van der Waals surface area (Å²) in [5, 5.41) is 4.86. The molecule has 2 heterocycles. The minimum absolute atomic E-state index is 0.0724. The van der Waals surface area contributed by atoms with Crippen LogP contribution in [0.25, 0.3) is 0 Å². The third-order valence-electron chi connectivity index (χ3n) is 4.77. The molecule has 0 atom stereocenters. The predicted molar refractivity (Wildman–Crippen MR) is 114 cm³/mol.